The molecule has 0 unspecified atom stereocenters. The van der Waals surface area contributed by atoms with Crippen LogP contribution in [0.15, 0.2) is 57.9 Å². The molecule has 0 radical (unpaired) electrons. The van der Waals surface area contributed by atoms with E-state index in [-0.39, 0.29) is 24.8 Å². The molecule has 0 bridgehead atoms. The van der Waals surface area contributed by atoms with Gasteiger partial charge >= 0.3 is 137 Å². The van der Waals surface area contributed by atoms with E-state index >= 15 is 0 Å². The molecule has 0 aliphatic heterocycles. The van der Waals surface area contributed by atoms with Crippen LogP contribution in [-0.4, -0.2) is 7.11 Å². The van der Waals surface area contributed by atoms with Gasteiger partial charge in [-0.3, -0.25) is 0 Å². The Morgan fingerprint density at radius 2 is 1.87 bits per heavy atom. The second kappa shape index (κ2) is 7.84. The molecule has 2 aliphatic rings. The van der Waals surface area contributed by atoms with Crippen molar-refractivity contribution in [1.82, 2.24) is 0 Å². The molecule has 0 aromatic heterocycles. The molecule has 0 saturated heterocycles. The molecule has 0 spiro atoms. The van der Waals surface area contributed by atoms with Crippen molar-refractivity contribution in [3.8, 4) is 16.9 Å². The van der Waals surface area contributed by atoms with Crippen molar-refractivity contribution in [2.45, 2.75) is 12.8 Å². The fraction of sp³-hybridized carbons (Fsp3) is 0.158. The zero-order valence-electron chi connectivity index (χ0n) is 12.8. The Morgan fingerprint density at radius 1 is 1.04 bits per heavy atom. The van der Waals surface area contributed by atoms with E-state index in [4.69, 9.17) is 4.74 Å². The van der Waals surface area contributed by atoms with Crippen LogP contribution in [-0.2, 0) is 29.7 Å². The van der Waals surface area contributed by atoms with Gasteiger partial charge in [0.1, 0.15) is 0 Å². The van der Waals surface area contributed by atoms with Crippen LogP contribution in [0.4, 0.5) is 0 Å². The van der Waals surface area contributed by atoms with Crippen molar-refractivity contribution in [2.75, 3.05) is 7.11 Å². The Balaban J connectivity index is 0.000000960. The first-order valence-corrected chi connectivity index (χ1v) is 9.73. The summed E-state index contributed by atoms with van der Waals surface area (Å²) in [4.78, 5) is 0. The second-order valence-electron chi connectivity index (χ2n) is 5.45. The third kappa shape index (κ3) is 3.36. The van der Waals surface area contributed by atoms with E-state index in [9.17, 15) is 0 Å². The van der Waals surface area contributed by atoms with Crippen molar-refractivity contribution in [3.63, 3.8) is 0 Å². The minimum absolute atomic E-state index is 0. The van der Waals surface area contributed by atoms with E-state index in [1.807, 2.05) is 0 Å². The molecule has 0 amide bonds. The number of methoxy groups -OCH3 is 1. The Kier molecular flexibility index (Phi) is 6.31. The van der Waals surface area contributed by atoms with Gasteiger partial charge in [-0.1, -0.05) is 0 Å². The molecule has 0 saturated carbocycles. The fourth-order valence-electron chi connectivity index (χ4n) is 3.21. The van der Waals surface area contributed by atoms with Gasteiger partial charge in [-0.05, 0) is 0 Å². The molecular formula is C19H16Cl2OZr. The van der Waals surface area contributed by atoms with Gasteiger partial charge < -0.3 is 24.8 Å². The summed E-state index contributed by atoms with van der Waals surface area (Å²) >= 11 is -0.666. The zero-order valence-corrected chi connectivity index (χ0v) is 16.7. The Morgan fingerprint density at radius 3 is 2.61 bits per heavy atom. The van der Waals surface area contributed by atoms with Crippen molar-refractivity contribution in [1.29, 1.82) is 0 Å². The number of rotatable bonds is 3. The van der Waals surface area contributed by atoms with E-state index in [1.165, 1.54) is 28.7 Å². The topological polar surface area (TPSA) is 9.23 Å². The number of fused-ring (bicyclic) bond motifs is 3. The van der Waals surface area contributed by atoms with Crippen LogP contribution in [0.5, 0.6) is 5.75 Å². The monoisotopic (exact) mass is 420 g/mol. The SMILES string of the molecule is COc1cc[c]([Zr+2][C]2=CC=CC2)c2c1-c1ccccc1C2.[Cl-].[Cl-]. The largest absolute Gasteiger partial charge is 1.00 e. The minimum atomic E-state index is -0.666. The molecule has 0 heterocycles. The average molecular weight is 422 g/mol. The van der Waals surface area contributed by atoms with Crippen LogP contribution in [0.25, 0.3) is 11.1 Å². The van der Waals surface area contributed by atoms with Crippen molar-refractivity contribution >= 4 is 3.27 Å². The van der Waals surface area contributed by atoms with Gasteiger partial charge in [-0.15, -0.1) is 0 Å². The summed E-state index contributed by atoms with van der Waals surface area (Å²) in [5, 5.41) is 0. The van der Waals surface area contributed by atoms with Crippen LogP contribution in [0.3, 0.4) is 0 Å². The van der Waals surface area contributed by atoms with Gasteiger partial charge in [-0.25, -0.2) is 0 Å². The number of ether oxygens (including phenoxy) is 1. The van der Waals surface area contributed by atoms with Crippen LogP contribution in [0.2, 0.25) is 0 Å². The van der Waals surface area contributed by atoms with Crippen molar-refractivity contribution in [3.05, 3.63) is 69.0 Å². The quantitative estimate of drug-likeness (QED) is 0.467. The molecule has 2 aliphatic carbocycles. The van der Waals surface area contributed by atoms with Crippen LogP contribution >= 0.6 is 0 Å². The van der Waals surface area contributed by atoms with Gasteiger partial charge in [0.2, 0.25) is 0 Å². The first kappa shape index (κ1) is 18.5. The Bertz CT molecular complexity index is 781. The second-order valence-corrected chi connectivity index (χ2v) is 8.97. The zero-order chi connectivity index (χ0) is 14.2. The molecule has 1 nitrogen and oxygen atoms in total. The fourth-order valence-corrected chi connectivity index (χ4v) is 6.35. The normalized spacial score (nSPS) is 13.2. The molecular weight excluding hydrogens is 406 g/mol. The number of benzene rings is 2. The third-order valence-electron chi connectivity index (χ3n) is 4.21. The molecule has 23 heavy (non-hydrogen) atoms. The third-order valence-corrected chi connectivity index (χ3v) is 7.73. The summed E-state index contributed by atoms with van der Waals surface area (Å²) in [5.74, 6) is 1.02. The number of halogens is 2. The Labute approximate surface area is 161 Å². The minimum Gasteiger partial charge on any atom is -1.00 e. The molecule has 0 atom stereocenters. The van der Waals surface area contributed by atoms with Crippen molar-refractivity contribution < 1.29 is 52.8 Å². The summed E-state index contributed by atoms with van der Waals surface area (Å²) < 4.78 is 8.91. The molecule has 0 fully saturated rings. The van der Waals surface area contributed by atoms with Crippen LogP contribution < -0.4 is 32.8 Å². The van der Waals surface area contributed by atoms with E-state index in [1.54, 1.807) is 13.7 Å². The maximum atomic E-state index is 5.63. The molecule has 4 rings (SSSR count). The number of hydrogen-bond acceptors (Lipinski definition) is 1. The number of allylic oxidation sites excluding steroid dienone is 4. The van der Waals surface area contributed by atoms with E-state index < -0.39 is 23.2 Å². The van der Waals surface area contributed by atoms with Crippen molar-refractivity contribution in [2.24, 2.45) is 0 Å². The van der Waals surface area contributed by atoms with E-state index in [0.717, 1.165) is 12.2 Å². The molecule has 0 N–H and O–H groups in total. The van der Waals surface area contributed by atoms with Gasteiger partial charge in [0, 0.05) is 0 Å². The van der Waals surface area contributed by atoms with Gasteiger partial charge in [-0.2, -0.15) is 0 Å². The predicted octanol–water partition coefficient (Wildman–Crippen LogP) is -2.17. The van der Waals surface area contributed by atoms with Crippen LogP contribution in [0, 0.1) is 0 Å². The predicted molar refractivity (Wildman–Crippen MR) is 82.7 cm³/mol. The maximum Gasteiger partial charge on any atom is -1.00 e. The Hall–Kier alpha value is -0.817. The van der Waals surface area contributed by atoms with Crippen LogP contribution in [0.1, 0.15) is 17.5 Å². The smallest absolute Gasteiger partial charge is 1.00 e. The van der Waals surface area contributed by atoms with Gasteiger partial charge in [0.15, 0.2) is 0 Å². The number of hydrogen-bond donors (Lipinski definition) is 0. The molecule has 2 aromatic rings. The van der Waals surface area contributed by atoms with Gasteiger partial charge in [0.25, 0.3) is 0 Å². The molecule has 2 aromatic carbocycles. The summed E-state index contributed by atoms with van der Waals surface area (Å²) in [6.45, 7) is 0. The van der Waals surface area contributed by atoms with Gasteiger partial charge in [0.05, 0.1) is 0 Å². The standard InChI is InChI=1S/C14H11O.C5H5.2ClH.Zr/c1-15-13-8-4-6-11-9-10-5-2-3-7-12(10)14(11)13;1-2-4-5-3-1;;;/h2-5,7-8H,9H2,1H3;1-3H,4H2;2*1H;/q;;;;+2/p-2. The summed E-state index contributed by atoms with van der Waals surface area (Å²) in [6, 6.07) is 13.2. The van der Waals surface area contributed by atoms with E-state index in [0.29, 0.717) is 0 Å². The summed E-state index contributed by atoms with van der Waals surface area (Å²) in [6.07, 6.45) is 9.04. The average Bonchev–Trinajstić information content (AvgIpc) is 3.15. The molecule has 116 valence electrons. The molecule has 4 heteroatoms. The first-order chi connectivity index (χ1) is 10.4. The summed E-state index contributed by atoms with van der Waals surface area (Å²) in [7, 11) is 1.78. The van der Waals surface area contributed by atoms with E-state index in [2.05, 4.69) is 54.6 Å². The first-order valence-electron chi connectivity index (χ1n) is 7.27. The summed E-state index contributed by atoms with van der Waals surface area (Å²) in [5.41, 5.74) is 5.67. The maximum absolute atomic E-state index is 5.63.